The van der Waals surface area contributed by atoms with Gasteiger partial charge in [0.25, 0.3) is 0 Å². The van der Waals surface area contributed by atoms with Crippen LogP contribution in [-0.2, 0) is 11.2 Å². The first-order valence-corrected chi connectivity index (χ1v) is 5.97. The molecule has 0 atom stereocenters. The molecule has 5 heteroatoms. The van der Waals surface area contributed by atoms with Gasteiger partial charge in [-0.2, -0.15) is 5.10 Å². The van der Waals surface area contributed by atoms with Crippen molar-refractivity contribution in [2.75, 3.05) is 0 Å². The number of carboxylic acids is 1. The molecule has 0 spiro atoms. The van der Waals surface area contributed by atoms with E-state index in [2.05, 4.69) is 5.10 Å². The fourth-order valence-electron chi connectivity index (χ4n) is 1.64. The Balaban J connectivity index is 2.25. The van der Waals surface area contributed by atoms with Crippen molar-refractivity contribution >= 4 is 17.6 Å². The van der Waals surface area contributed by atoms with Crippen LogP contribution in [0.4, 0.5) is 0 Å². The normalized spacial score (nSPS) is 10.6. The van der Waals surface area contributed by atoms with E-state index in [0.29, 0.717) is 11.6 Å². The van der Waals surface area contributed by atoms with Gasteiger partial charge >= 0.3 is 5.97 Å². The molecule has 0 amide bonds. The van der Waals surface area contributed by atoms with Crippen LogP contribution in [0.15, 0.2) is 30.5 Å². The van der Waals surface area contributed by atoms with E-state index in [4.69, 9.17) is 16.7 Å². The molecular formula is C13H13ClN2O2. The summed E-state index contributed by atoms with van der Waals surface area (Å²) in [5.41, 5.74) is 2.78. The van der Waals surface area contributed by atoms with Gasteiger partial charge in [-0.1, -0.05) is 29.3 Å². The molecule has 0 bridgehead atoms. The van der Waals surface area contributed by atoms with Crippen LogP contribution in [0.3, 0.4) is 0 Å². The Morgan fingerprint density at radius 2 is 2.06 bits per heavy atom. The summed E-state index contributed by atoms with van der Waals surface area (Å²) in [6.07, 6.45) is 2.06. The zero-order valence-electron chi connectivity index (χ0n) is 9.93. The summed E-state index contributed by atoms with van der Waals surface area (Å²) in [7, 11) is 0. The maximum absolute atomic E-state index is 10.5. The molecule has 0 saturated carbocycles. The second kappa shape index (κ2) is 5.23. The van der Waals surface area contributed by atoms with Crippen LogP contribution in [0.25, 0.3) is 5.69 Å². The number of aromatic nitrogens is 2. The molecule has 2 rings (SSSR count). The quantitative estimate of drug-likeness (QED) is 0.924. The van der Waals surface area contributed by atoms with Gasteiger partial charge in [-0.05, 0) is 25.5 Å². The van der Waals surface area contributed by atoms with Crippen molar-refractivity contribution in [3.05, 3.63) is 46.7 Å². The third-order valence-corrected chi connectivity index (χ3v) is 3.07. The van der Waals surface area contributed by atoms with Crippen LogP contribution in [0.5, 0.6) is 0 Å². The van der Waals surface area contributed by atoms with Gasteiger partial charge in [0.15, 0.2) is 0 Å². The number of rotatable bonds is 4. The van der Waals surface area contributed by atoms with E-state index < -0.39 is 5.97 Å². The number of benzene rings is 1. The third-order valence-electron chi connectivity index (χ3n) is 2.67. The number of hydrogen-bond donors (Lipinski definition) is 1. The van der Waals surface area contributed by atoms with E-state index in [1.807, 2.05) is 31.2 Å². The number of hydrogen-bond acceptors (Lipinski definition) is 2. The maximum atomic E-state index is 10.5. The van der Waals surface area contributed by atoms with Crippen LogP contribution in [0, 0.1) is 6.92 Å². The number of halogens is 1. The predicted octanol–water partition coefficient (Wildman–Crippen LogP) is 2.85. The van der Waals surface area contributed by atoms with Crippen LogP contribution in [0.1, 0.15) is 17.5 Å². The van der Waals surface area contributed by atoms with Gasteiger partial charge in [-0.3, -0.25) is 4.79 Å². The second-order valence-corrected chi connectivity index (χ2v) is 4.46. The van der Waals surface area contributed by atoms with Crippen molar-refractivity contribution in [3.63, 3.8) is 0 Å². The highest BCUT2D eigenvalue weighted by Gasteiger charge is 2.11. The van der Waals surface area contributed by atoms with Crippen LogP contribution >= 0.6 is 11.6 Å². The SMILES string of the molecule is Cc1ccc(-n2ncc(CCC(=O)O)c2Cl)cc1. The van der Waals surface area contributed by atoms with Crippen molar-refractivity contribution in [2.24, 2.45) is 0 Å². The molecule has 94 valence electrons. The van der Waals surface area contributed by atoms with E-state index in [1.165, 1.54) is 0 Å². The Kier molecular flexibility index (Phi) is 3.67. The van der Waals surface area contributed by atoms with Gasteiger partial charge in [-0.25, -0.2) is 4.68 Å². The van der Waals surface area contributed by atoms with Crippen molar-refractivity contribution in [1.29, 1.82) is 0 Å². The van der Waals surface area contributed by atoms with Gasteiger partial charge in [0.1, 0.15) is 5.15 Å². The molecule has 4 nitrogen and oxygen atoms in total. The highest BCUT2D eigenvalue weighted by molar-refractivity contribution is 6.30. The van der Waals surface area contributed by atoms with Gasteiger partial charge in [0.2, 0.25) is 0 Å². The summed E-state index contributed by atoms with van der Waals surface area (Å²) >= 11 is 6.19. The monoisotopic (exact) mass is 264 g/mol. The van der Waals surface area contributed by atoms with Crippen molar-refractivity contribution in [1.82, 2.24) is 9.78 Å². The largest absolute Gasteiger partial charge is 0.481 e. The molecule has 2 aromatic rings. The molecule has 0 aliphatic rings. The van der Waals surface area contributed by atoms with Gasteiger partial charge in [0.05, 0.1) is 11.9 Å². The average Bonchev–Trinajstić information content (AvgIpc) is 2.69. The Labute approximate surface area is 110 Å². The smallest absolute Gasteiger partial charge is 0.303 e. The van der Waals surface area contributed by atoms with Crippen molar-refractivity contribution in [3.8, 4) is 5.69 Å². The molecule has 1 heterocycles. The first kappa shape index (κ1) is 12.6. The Hall–Kier alpha value is -1.81. The number of aryl methyl sites for hydroxylation is 2. The molecule has 1 aromatic heterocycles. The Morgan fingerprint density at radius 1 is 1.39 bits per heavy atom. The van der Waals surface area contributed by atoms with Crippen molar-refractivity contribution < 1.29 is 9.90 Å². The summed E-state index contributed by atoms with van der Waals surface area (Å²) in [6, 6.07) is 7.80. The number of carboxylic acid groups (broad SMARTS) is 1. The maximum Gasteiger partial charge on any atom is 0.303 e. The minimum Gasteiger partial charge on any atom is -0.481 e. The summed E-state index contributed by atoms with van der Waals surface area (Å²) < 4.78 is 1.61. The molecule has 0 radical (unpaired) electrons. The lowest BCUT2D eigenvalue weighted by Gasteiger charge is -2.04. The van der Waals surface area contributed by atoms with E-state index in [1.54, 1.807) is 10.9 Å². The Morgan fingerprint density at radius 3 is 2.67 bits per heavy atom. The molecule has 0 saturated heterocycles. The lowest BCUT2D eigenvalue weighted by molar-refractivity contribution is -0.136. The summed E-state index contributed by atoms with van der Waals surface area (Å²) in [5, 5.41) is 13.3. The molecule has 1 N–H and O–H groups in total. The standard InChI is InChI=1S/C13H13ClN2O2/c1-9-2-5-11(6-3-9)16-13(14)10(8-15-16)4-7-12(17)18/h2-3,5-6,8H,4,7H2,1H3,(H,17,18). The highest BCUT2D eigenvalue weighted by Crippen LogP contribution is 2.21. The van der Waals surface area contributed by atoms with E-state index >= 15 is 0 Å². The minimum atomic E-state index is -0.839. The zero-order chi connectivity index (χ0) is 13.1. The fourth-order valence-corrected chi connectivity index (χ4v) is 1.93. The number of carbonyl (C=O) groups is 1. The number of aliphatic carboxylic acids is 1. The molecule has 1 aromatic carbocycles. The minimum absolute atomic E-state index is 0.0549. The summed E-state index contributed by atoms with van der Waals surface area (Å²) in [4.78, 5) is 10.5. The first-order chi connectivity index (χ1) is 8.58. The van der Waals surface area contributed by atoms with Crippen LogP contribution < -0.4 is 0 Å². The van der Waals surface area contributed by atoms with Gasteiger partial charge < -0.3 is 5.11 Å². The Bertz CT molecular complexity index is 561. The lowest BCUT2D eigenvalue weighted by atomic mass is 10.2. The zero-order valence-corrected chi connectivity index (χ0v) is 10.7. The molecular weight excluding hydrogens is 252 g/mol. The summed E-state index contributed by atoms with van der Waals surface area (Å²) in [5.74, 6) is -0.839. The molecule has 0 aliphatic heterocycles. The molecule has 0 aliphatic carbocycles. The fraction of sp³-hybridized carbons (Fsp3) is 0.231. The average molecular weight is 265 g/mol. The van der Waals surface area contributed by atoms with Crippen LogP contribution in [0.2, 0.25) is 5.15 Å². The predicted molar refractivity (Wildman–Crippen MR) is 69.3 cm³/mol. The van der Waals surface area contributed by atoms with Crippen molar-refractivity contribution in [2.45, 2.75) is 19.8 Å². The topological polar surface area (TPSA) is 55.1 Å². The molecule has 0 unspecified atom stereocenters. The summed E-state index contributed by atoms with van der Waals surface area (Å²) in [6.45, 7) is 2.01. The first-order valence-electron chi connectivity index (χ1n) is 5.59. The van der Waals surface area contributed by atoms with Gasteiger partial charge in [0, 0.05) is 12.0 Å². The number of nitrogens with zero attached hydrogens (tertiary/aromatic N) is 2. The highest BCUT2D eigenvalue weighted by atomic mass is 35.5. The third kappa shape index (κ3) is 2.71. The van der Waals surface area contributed by atoms with E-state index in [0.717, 1.165) is 16.8 Å². The lowest BCUT2D eigenvalue weighted by Crippen LogP contribution is -1.99. The molecule has 0 fully saturated rings. The van der Waals surface area contributed by atoms with Crippen LogP contribution in [-0.4, -0.2) is 20.9 Å². The van der Waals surface area contributed by atoms with E-state index in [-0.39, 0.29) is 6.42 Å². The van der Waals surface area contributed by atoms with E-state index in [9.17, 15) is 4.79 Å². The van der Waals surface area contributed by atoms with Gasteiger partial charge in [-0.15, -0.1) is 0 Å². The molecule has 18 heavy (non-hydrogen) atoms. The second-order valence-electron chi connectivity index (χ2n) is 4.10.